The van der Waals surface area contributed by atoms with Crippen molar-refractivity contribution < 1.29 is 14.5 Å². The van der Waals surface area contributed by atoms with E-state index >= 15 is 0 Å². The number of carbonyl (C=O) groups excluding carboxylic acids is 1. The maximum absolute atomic E-state index is 11.4. The lowest BCUT2D eigenvalue weighted by Crippen LogP contribution is -2.35. The van der Waals surface area contributed by atoms with Crippen LogP contribution >= 0.6 is 0 Å². The Morgan fingerprint density at radius 3 is 2.57 bits per heavy atom. The molecule has 0 aliphatic heterocycles. The lowest BCUT2D eigenvalue weighted by molar-refractivity contribution is -0.384. The maximum atomic E-state index is 11.4. The first-order valence-corrected chi connectivity index (χ1v) is 6.50. The summed E-state index contributed by atoms with van der Waals surface area (Å²) in [6.45, 7) is 7.48. The number of rotatable bonds is 5. The first kappa shape index (κ1) is 16.7. The number of alkyl carbamates (subject to hydrolysis) is 1. The van der Waals surface area contributed by atoms with Crippen molar-refractivity contribution in [2.45, 2.75) is 33.3 Å². The van der Waals surface area contributed by atoms with Crippen LogP contribution in [0.2, 0.25) is 0 Å². The molecule has 118 valence electrons. The van der Waals surface area contributed by atoms with Gasteiger partial charge in [-0.1, -0.05) is 0 Å². The molecule has 9 heteroatoms. The van der Waals surface area contributed by atoms with E-state index in [1.807, 2.05) is 0 Å². The van der Waals surface area contributed by atoms with Crippen molar-refractivity contribution >= 4 is 17.6 Å². The minimum Gasteiger partial charge on any atom is -0.444 e. The number of hydrogen-bond donors (Lipinski definition) is 2. The quantitative estimate of drug-likeness (QED) is 0.485. The predicted octanol–water partition coefficient (Wildman–Crippen LogP) is 1.57. The van der Waals surface area contributed by atoms with Crippen LogP contribution in [0.5, 0.6) is 0 Å². The normalized spacial score (nSPS) is 11.1. The van der Waals surface area contributed by atoms with E-state index in [1.165, 1.54) is 4.68 Å². The van der Waals surface area contributed by atoms with Crippen LogP contribution < -0.4 is 10.6 Å². The van der Waals surface area contributed by atoms with Gasteiger partial charge in [0.2, 0.25) is 5.82 Å². The maximum Gasteiger partial charge on any atom is 0.407 e. The molecule has 0 atom stereocenters. The van der Waals surface area contributed by atoms with Gasteiger partial charge in [-0.3, -0.25) is 10.1 Å². The van der Waals surface area contributed by atoms with Gasteiger partial charge in [0.05, 0.1) is 4.92 Å². The summed E-state index contributed by atoms with van der Waals surface area (Å²) in [5.41, 5.74) is -0.282. The van der Waals surface area contributed by atoms with Crippen LogP contribution in [-0.2, 0) is 11.8 Å². The summed E-state index contributed by atoms with van der Waals surface area (Å²) in [7, 11) is 1.61. The average molecular weight is 299 g/mol. The van der Waals surface area contributed by atoms with E-state index < -0.39 is 16.6 Å². The van der Waals surface area contributed by atoms with Crippen molar-refractivity contribution in [3.63, 3.8) is 0 Å². The molecule has 0 spiro atoms. The second-order valence-electron chi connectivity index (χ2n) is 5.52. The van der Waals surface area contributed by atoms with Gasteiger partial charge >= 0.3 is 11.8 Å². The Morgan fingerprint density at radius 1 is 1.43 bits per heavy atom. The Kier molecular flexibility index (Phi) is 5.12. The van der Waals surface area contributed by atoms with E-state index in [0.29, 0.717) is 18.1 Å². The number of aromatic nitrogens is 2. The fourth-order valence-corrected chi connectivity index (χ4v) is 1.72. The summed E-state index contributed by atoms with van der Waals surface area (Å²) in [6, 6.07) is 0. The van der Waals surface area contributed by atoms with E-state index in [1.54, 1.807) is 34.7 Å². The molecule has 9 nitrogen and oxygen atoms in total. The number of amides is 1. The van der Waals surface area contributed by atoms with Crippen molar-refractivity contribution in [2.24, 2.45) is 7.05 Å². The van der Waals surface area contributed by atoms with Gasteiger partial charge in [-0.25, -0.2) is 9.48 Å². The molecule has 0 saturated heterocycles. The summed E-state index contributed by atoms with van der Waals surface area (Å²) >= 11 is 0. The van der Waals surface area contributed by atoms with Gasteiger partial charge in [-0.2, -0.15) is 5.10 Å². The number of ether oxygens (including phenoxy) is 1. The average Bonchev–Trinajstić information content (AvgIpc) is 2.57. The van der Waals surface area contributed by atoms with Gasteiger partial charge in [-0.05, 0) is 27.7 Å². The van der Waals surface area contributed by atoms with E-state index in [2.05, 4.69) is 15.7 Å². The predicted molar refractivity (Wildman–Crippen MR) is 77.3 cm³/mol. The van der Waals surface area contributed by atoms with Crippen molar-refractivity contribution in [3.8, 4) is 0 Å². The molecule has 1 rings (SSSR count). The van der Waals surface area contributed by atoms with Crippen molar-refractivity contribution in [1.82, 2.24) is 15.1 Å². The largest absolute Gasteiger partial charge is 0.444 e. The van der Waals surface area contributed by atoms with Gasteiger partial charge < -0.3 is 15.4 Å². The molecule has 2 N–H and O–H groups in total. The van der Waals surface area contributed by atoms with E-state index in [0.717, 1.165) is 0 Å². The molecule has 0 saturated carbocycles. The molecule has 0 aromatic carbocycles. The van der Waals surface area contributed by atoms with Crippen LogP contribution in [0.3, 0.4) is 0 Å². The molecule has 0 bridgehead atoms. The number of nitro groups is 1. The highest BCUT2D eigenvalue weighted by molar-refractivity contribution is 5.67. The van der Waals surface area contributed by atoms with Crippen LogP contribution in [0.4, 0.5) is 16.3 Å². The molecule has 0 aliphatic rings. The molecule has 0 radical (unpaired) electrons. The Morgan fingerprint density at radius 2 is 2.05 bits per heavy atom. The molecule has 0 fully saturated rings. The highest BCUT2D eigenvalue weighted by atomic mass is 16.6. The Labute approximate surface area is 122 Å². The van der Waals surface area contributed by atoms with Crippen molar-refractivity contribution in [3.05, 3.63) is 15.8 Å². The number of nitrogens with zero attached hydrogens (tertiary/aromatic N) is 3. The fourth-order valence-electron chi connectivity index (χ4n) is 1.72. The van der Waals surface area contributed by atoms with Crippen LogP contribution in [0, 0.1) is 17.0 Å². The monoisotopic (exact) mass is 299 g/mol. The van der Waals surface area contributed by atoms with Crippen LogP contribution in [0.15, 0.2) is 0 Å². The zero-order valence-electron chi connectivity index (χ0n) is 12.9. The summed E-state index contributed by atoms with van der Waals surface area (Å²) in [5.74, 6) is 0.309. The fraction of sp³-hybridized carbons (Fsp3) is 0.667. The first-order chi connectivity index (χ1) is 9.61. The lowest BCUT2D eigenvalue weighted by Gasteiger charge is -2.19. The summed E-state index contributed by atoms with van der Waals surface area (Å²) in [6.07, 6.45) is -0.528. The molecule has 1 amide bonds. The molecular formula is C12H21N5O4. The zero-order chi connectivity index (χ0) is 16.2. The van der Waals surface area contributed by atoms with Crippen LogP contribution in [0.25, 0.3) is 0 Å². The molecule has 1 aromatic heterocycles. The SMILES string of the molecule is Cc1nn(C)c(NCCNC(=O)OC(C)(C)C)c1[N+](=O)[O-]. The minimum atomic E-state index is -0.560. The first-order valence-electron chi connectivity index (χ1n) is 6.50. The third kappa shape index (κ3) is 4.93. The summed E-state index contributed by atoms with van der Waals surface area (Å²) < 4.78 is 6.48. The van der Waals surface area contributed by atoms with E-state index in [9.17, 15) is 14.9 Å². The highest BCUT2D eigenvalue weighted by Gasteiger charge is 2.23. The molecule has 0 aliphatic carbocycles. The summed E-state index contributed by atoms with van der Waals surface area (Å²) in [5, 5.41) is 20.4. The van der Waals surface area contributed by atoms with E-state index in [-0.39, 0.29) is 12.2 Å². The standard InChI is InChI=1S/C12H21N5O4/c1-8-9(17(19)20)10(16(5)15-8)13-6-7-14-11(18)21-12(2,3)4/h13H,6-7H2,1-5H3,(H,14,18). The molecule has 1 heterocycles. The minimum absolute atomic E-state index is 0.0604. The number of hydrogen-bond acceptors (Lipinski definition) is 6. The lowest BCUT2D eigenvalue weighted by atomic mass is 10.2. The molecule has 0 unspecified atom stereocenters. The van der Waals surface area contributed by atoms with Gasteiger partial charge in [0.25, 0.3) is 0 Å². The van der Waals surface area contributed by atoms with Gasteiger partial charge in [0.15, 0.2) is 0 Å². The third-order valence-electron chi connectivity index (χ3n) is 2.46. The van der Waals surface area contributed by atoms with Gasteiger partial charge in [-0.15, -0.1) is 0 Å². The number of anilines is 1. The zero-order valence-corrected chi connectivity index (χ0v) is 12.9. The third-order valence-corrected chi connectivity index (χ3v) is 2.46. The number of aryl methyl sites for hydroxylation is 2. The number of nitrogens with one attached hydrogen (secondary N) is 2. The topological polar surface area (TPSA) is 111 Å². The molecule has 21 heavy (non-hydrogen) atoms. The summed E-state index contributed by atoms with van der Waals surface area (Å²) in [4.78, 5) is 21.9. The smallest absolute Gasteiger partial charge is 0.407 e. The Balaban J connectivity index is 2.51. The second-order valence-corrected chi connectivity index (χ2v) is 5.52. The van der Waals surface area contributed by atoms with Gasteiger partial charge in [0, 0.05) is 20.1 Å². The Bertz CT molecular complexity index is 532. The van der Waals surface area contributed by atoms with Crippen LogP contribution in [-0.4, -0.2) is 39.5 Å². The molecule has 1 aromatic rings. The van der Waals surface area contributed by atoms with Crippen molar-refractivity contribution in [1.29, 1.82) is 0 Å². The Hall–Kier alpha value is -2.32. The van der Waals surface area contributed by atoms with Gasteiger partial charge in [0.1, 0.15) is 11.3 Å². The highest BCUT2D eigenvalue weighted by Crippen LogP contribution is 2.26. The number of carbonyl (C=O) groups is 1. The second kappa shape index (κ2) is 6.42. The van der Waals surface area contributed by atoms with Crippen molar-refractivity contribution in [2.75, 3.05) is 18.4 Å². The van der Waals surface area contributed by atoms with Crippen LogP contribution in [0.1, 0.15) is 26.5 Å². The molecular weight excluding hydrogens is 278 g/mol. The van der Waals surface area contributed by atoms with E-state index in [4.69, 9.17) is 4.74 Å².